The molecule has 0 amide bonds. The number of imidazole rings is 2. The second-order valence-corrected chi connectivity index (χ2v) is 9.43. The van der Waals surface area contributed by atoms with Crippen LogP contribution in [0.25, 0.3) is 39.3 Å². The summed E-state index contributed by atoms with van der Waals surface area (Å²) >= 11 is 6.36. The first kappa shape index (κ1) is 22.3. The van der Waals surface area contributed by atoms with Crippen LogP contribution >= 0.6 is 11.6 Å². The van der Waals surface area contributed by atoms with Gasteiger partial charge in [-0.25, -0.2) is 15.0 Å². The van der Waals surface area contributed by atoms with Gasteiger partial charge in [-0.2, -0.15) is 4.52 Å². The fraction of sp³-hybridized carbons (Fsp3) is 0.0714. The molecule has 0 aliphatic carbocycles. The van der Waals surface area contributed by atoms with Gasteiger partial charge in [0.2, 0.25) is 0 Å². The van der Waals surface area contributed by atoms with E-state index in [1.165, 1.54) is 0 Å². The maximum atomic E-state index is 6.36. The van der Waals surface area contributed by atoms with Crippen LogP contribution in [0.15, 0.2) is 97.7 Å². The van der Waals surface area contributed by atoms with E-state index in [9.17, 15) is 0 Å². The maximum absolute atomic E-state index is 6.36. The van der Waals surface area contributed by atoms with Crippen molar-refractivity contribution in [2.45, 2.75) is 6.04 Å². The van der Waals surface area contributed by atoms with E-state index >= 15 is 0 Å². The van der Waals surface area contributed by atoms with E-state index < -0.39 is 0 Å². The van der Waals surface area contributed by atoms with Crippen molar-refractivity contribution in [3.05, 3.63) is 114 Å². The molecule has 0 saturated carbocycles. The summed E-state index contributed by atoms with van der Waals surface area (Å²) in [5.74, 6) is 1.28. The minimum atomic E-state index is -0.207. The van der Waals surface area contributed by atoms with E-state index in [1.807, 2.05) is 85.1 Å². The van der Waals surface area contributed by atoms with E-state index in [0.717, 1.165) is 44.8 Å². The number of hydrogen-bond acceptors (Lipinski definition) is 6. The van der Waals surface area contributed by atoms with Gasteiger partial charge < -0.3 is 9.13 Å². The number of halogens is 1. The molecule has 0 radical (unpaired) electrons. The Morgan fingerprint density at radius 3 is 2.61 bits per heavy atom. The van der Waals surface area contributed by atoms with Crippen LogP contribution in [0.4, 0.5) is 0 Å². The van der Waals surface area contributed by atoms with Crippen LogP contribution < -0.4 is 0 Å². The fourth-order valence-electron chi connectivity index (χ4n) is 4.96. The molecule has 1 unspecified atom stereocenters. The van der Waals surface area contributed by atoms with Crippen LogP contribution in [0.3, 0.4) is 0 Å². The largest absolute Gasteiger partial charge is 0.336 e. The van der Waals surface area contributed by atoms with Gasteiger partial charge in [-0.1, -0.05) is 65.2 Å². The average molecular weight is 518 g/mol. The highest BCUT2D eigenvalue weighted by molar-refractivity contribution is 6.30. The second-order valence-electron chi connectivity index (χ2n) is 8.99. The molecule has 7 rings (SSSR count). The summed E-state index contributed by atoms with van der Waals surface area (Å²) in [7, 11) is 2.00. The smallest absolute Gasteiger partial charge is 0.274 e. The van der Waals surface area contributed by atoms with E-state index in [4.69, 9.17) is 21.6 Å². The van der Waals surface area contributed by atoms with E-state index in [-0.39, 0.29) is 6.04 Å². The molecule has 0 N–H and O–H groups in total. The number of fused-ring (bicyclic) bond motifs is 3. The number of benzene rings is 3. The van der Waals surface area contributed by atoms with Crippen LogP contribution in [0, 0.1) is 0 Å². The lowest BCUT2D eigenvalue weighted by Gasteiger charge is -2.23. The molecule has 0 fully saturated rings. The van der Waals surface area contributed by atoms with Gasteiger partial charge in [0.15, 0.2) is 0 Å². The SMILES string of the molecule is Cn1cncc1C(c1ccc2c(c1)c(-c1cccc(Cl)c1)nc1nnnn12)n1ccnc1-c1ccccc1. The Hall–Kier alpha value is -4.89. The maximum Gasteiger partial charge on any atom is 0.274 e. The molecule has 9 nitrogen and oxygen atoms in total. The lowest BCUT2D eigenvalue weighted by Crippen LogP contribution is -2.16. The predicted molar refractivity (Wildman–Crippen MR) is 145 cm³/mol. The van der Waals surface area contributed by atoms with Crippen molar-refractivity contribution in [3.8, 4) is 22.6 Å². The molecule has 184 valence electrons. The van der Waals surface area contributed by atoms with Crippen LogP contribution in [-0.4, -0.2) is 44.1 Å². The Morgan fingerprint density at radius 2 is 1.79 bits per heavy atom. The standard InChI is InChI=1S/C28H20ClN9/c1-36-17-30-16-24(36)26(37-13-12-31-27(37)18-6-3-2-4-7-18)20-10-11-23-22(15-20)25(19-8-5-9-21(29)14-19)32-28-33-34-35-38(23)28/h2-17,26H,1H3. The Kier molecular flexibility index (Phi) is 5.22. The summed E-state index contributed by atoms with van der Waals surface area (Å²) in [5, 5.41) is 13.7. The third kappa shape index (κ3) is 3.63. The molecule has 1 atom stereocenters. The first-order chi connectivity index (χ1) is 18.7. The lowest BCUT2D eigenvalue weighted by atomic mass is 9.98. The highest BCUT2D eigenvalue weighted by Gasteiger charge is 2.24. The van der Waals surface area contributed by atoms with E-state index in [1.54, 1.807) is 4.52 Å². The first-order valence-corrected chi connectivity index (χ1v) is 12.4. The molecule has 7 aromatic rings. The normalized spacial score (nSPS) is 12.4. The summed E-state index contributed by atoms with van der Waals surface area (Å²) in [5.41, 5.74) is 5.56. The Balaban J connectivity index is 1.50. The Labute approximate surface area is 222 Å². The van der Waals surface area contributed by atoms with Gasteiger partial charge in [-0.05, 0) is 40.3 Å². The average Bonchev–Trinajstić information content (AvgIpc) is 3.71. The molecule has 0 saturated heterocycles. The predicted octanol–water partition coefficient (Wildman–Crippen LogP) is 5.23. The molecule has 0 aliphatic rings. The number of tetrazole rings is 1. The summed E-state index contributed by atoms with van der Waals surface area (Å²) in [6.07, 6.45) is 7.54. The first-order valence-electron chi connectivity index (χ1n) is 12.0. The van der Waals surface area contributed by atoms with Gasteiger partial charge in [0.05, 0.1) is 29.4 Å². The minimum Gasteiger partial charge on any atom is -0.336 e. The van der Waals surface area contributed by atoms with Gasteiger partial charge in [0.25, 0.3) is 5.78 Å². The number of hydrogen-bond donors (Lipinski definition) is 0. The topological polar surface area (TPSA) is 91.6 Å². The molecule has 3 aromatic carbocycles. The Bertz CT molecular complexity index is 1920. The van der Waals surface area contributed by atoms with Crippen LogP contribution in [0.1, 0.15) is 17.3 Å². The number of rotatable bonds is 5. The van der Waals surface area contributed by atoms with Crippen molar-refractivity contribution >= 4 is 28.3 Å². The minimum absolute atomic E-state index is 0.207. The third-order valence-corrected chi connectivity index (χ3v) is 6.93. The second kappa shape index (κ2) is 8.89. The van der Waals surface area contributed by atoms with E-state index in [0.29, 0.717) is 10.8 Å². The number of nitrogens with zero attached hydrogens (tertiary/aromatic N) is 9. The van der Waals surface area contributed by atoms with Crippen molar-refractivity contribution in [3.63, 3.8) is 0 Å². The Morgan fingerprint density at radius 1 is 0.921 bits per heavy atom. The van der Waals surface area contributed by atoms with Gasteiger partial charge in [0, 0.05) is 41.0 Å². The molecular weight excluding hydrogens is 498 g/mol. The molecule has 10 heteroatoms. The zero-order valence-corrected chi connectivity index (χ0v) is 21.0. The molecule has 38 heavy (non-hydrogen) atoms. The van der Waals surface area contributed by atoms with Crippen LogP contribution in [0.5, 0.6) is 0 Å². The lowest BCUT2D eigenvalue weighted by molar-refractivity contribution is 0.633. The van der Waals surface area contributed by atoms with Crippen LogP contribution in [0.2, 0.25) is 5.02 Å². The summed E-state index contributed by atoms with van der Waals surface area (Å²) in [6.45, 7) is 0. The molecular formula is C28H20ClN9. The molecule has 0 spiro atoms. The summed E-state index contributed by atoms with van der Waals surface area (Å²) in [4.78, 5) is 14.0. The quantitative estimate of drug-likeness (QED) is 0.310. The zero-order valence-electron chi connectivity index (χ0n) is 20.2. The highest BCUT2D eigenvalue weighted by Crippen LogP contribution is 2.35. The van der Waals surface area contributed by atoms with Crippen molar-refractivity contribution < 1.29 is 0 Å². The third-order valence-electron chi connectivity index (χ3n) is 6.70. The van der Waals surface area contributed by atoms with Gasteiger partial charge in [0.1, 0.15) is 11.9 Å². The van der Waals surface area contributed by atoms with Gasteiger partial charge >= 0.3 is 0 Å². The van der Waals surface area contributed by atoms with Crippen molar-refractivity contribution in [1.29, 1.82) is 0 Å². The monoisotopic (exact) mass is 517 g/mol. The molecule has 0 bridgehead atoms. The van der Waals surface area contributed by atoms with Crippen molar-refractivity contribution in [1.82, 2.24) is 44.1 Å². The molecule has 4 aromatic heterocycles. The van der Waals surface area contributed by atoms with Crippen molar-refractivity contribution in [2.75, 3.05) is 0 Å². The van der Waals surface area contributed by atoms with E-state index in [2.05, 4.69) is 49.3 Å². The number of aromatic nitrogens is 9. The number of aryl methyl sites for hydroxylation is 1. The molecule has 4 heterocycles. The van der Waals surface area contributed by atoms with Gasteiger partial charge in [-0.3, -0.25) is 0 Å². The van der Waals surface area contributed by atoms with Crippen molar-refractivity contribution in [2.24, 2.45) is 7.05 Å². The van der Waals surface area contributed by atoms with Crippen LogP contribution in [-0.2, 0) is 7.05 Å². The fourth-order valence-corrected chi connectivity index (χ4v) is 5.15. The molecule has 0 aliphatic heterocycles. The highest BCUT2D eigenvalue weighted by atomic mass is 35.5. The summed E-state index contributed by atoms with van der Waals surface area (Å²) < 4.78 is 5.86. The zero-order chi connectivity index (χ0) is 25.6. The van der Waals surface area contributed by atoms with Gasteiger partial charge in [-0.15, -0.1) is 0 Å². The summed E-state index contributed by atoms with van der Waals surface area (Å²) in [6, 6.07) is 23.9.